The number of aryl methyl sites for hydroxylation is 1. The topological polar surface area (TPSA) is 71.1 Å². The van der Waals surface area contributed by atoms with Crippen LogP contribution >= 0.6 is 0 Å². The van der Waals surface area contributed by atoms with Crippen LogP contribution in [0.5, 0.6) is 0 Å². The van der Waals surface area contributed by atoms with Crippen molar-refractivity contribution in [2.45, 2.75) is 56.7 Å². The number of ether oxygens (including phenoxy) is 3. The molecule has 30 heavy (non-hydrogen) atoms. The standard InChI is InChI=1S/C23H30O6S/c1-17-9-11-20(12-10-17)30(24,25)28-14-13-21-18(2)22(15-23(26-3)29-21)27-16-19-7-5-4-6-8-19/h4-12,18,21-23H,13-16H2,1-3H3/t18-,21+,22-,23+/m0/s1. The normalized spacial score (nSPS) is 24.6. The van der Waals surface area contributed by atoms with Crippen molar-refractivity contribution in [1.29, 1.82) is 0 Å². The first-order valence-corrected chi connectivity index (χ1v) is 11.6. The molecule has 3 rings (SSSR count). The second-order valence-corrected chi connectivity index (χ2v) is 9.26. The summed E-state index contributed by atoms with van der Waals surface area (Å²) < 4.78 is 47.6. The number of rotatable bonds is 9. The Labute approximate surface area is 179 Å². The monoisotopic (exact) mass is 434 g/mol. The fraction of sp³-hybridized carbons (Fsp3) is 0.478. The maximum Gasteiger partial charge on any atom is 0.296 e. The third-order valence-corrected chi connectivity index (χ3v) is 6.77. The van der Waals surface area contributed by atoms with Crippen LogP contribution in [0.2, 0.25) is 0 Å². The maximum atomic E-state index is 12.4. The summed E-state index contributed by atoms with van der Waals surface area (Å²) in [5.74, 6) is 0.0748. The van der Waals surface area contributed by atoms with Crippen molar-refractivity contribution in [1.82, 2.24) is 0 Å². The number of benzene rings is 2. The molecule has 4 atom stereocenters. The van der Waals surface area contributed by atoms with Gasteiger partial charge in [0.25, 0.3) is 10.1 Å². The van der Waals surface area contributed by atoms with Gasteiger partial charge in [0.2, 0.25) is 0 Å². The van der Waals surface area contributed by atoms with Gasteiger partial charge in [-0.25, -0.2) is 0 Å². The van der Waals surface area contributed by atoms with Crippen LogP contribution in [0, 0.1) is 12.8 Å². The molecule has 6 nitrogen and oxygen atoms in total. The Morgan fingerprint density at radius 3 is 2.43 bits per heavy atom. The van der Waals surface area contributed by atoms with Gasteiger partial charge in [0.15, 0.2) is 6.29 Å². The smallest absolute Gasteiger partial charge is 0.296 e. The van der Waals surface area contributed by atoms with E-state index in [1.807, 2.05) is 37.3 Å². The highest BCUT2D eigenvalue weighted by atomic mass is 32.2. The Hall–Kier alpha value is -1.77. The van der Waals surface area contributed by atoms with Crippen molar-refractivity contribution in [2.24, 2.45) is 5.92 Å². The van der Waals surface area contributed by atoms with Crippen molar-refractivity contribution >= 4 is 10.1 Å². The van der Waals surface area contributed by atoms with Crippen LogP contribution < -0.4 is 0 Å². The molecule has 7 heteroatoms. The Kier molecular flexibility index (Phi) is 8.02. The SMILES string of the molecule is CO[C@H]1C[C@H](OCc2ccccc2)[C@@H](C)[C@@H](CCOS(=O)(=O)c2ccc(C)cc2)O1. The highest BCUT2D eigenvalue weighted by molar-refractivity contribution is 7.86. The molecule has 1 aliphatic heterocycles. The summed E-state index contributed by atoms with van der Waals surface area (Å²) in [6.45, 7) is 4.51. The summed E-state index contributed by atoms with van der Waals surface area (Å²) in [6, 6.07) is 16.6. The molecule has 0 bridgehead atoms. The second-order valence-electron chi connectivity index (χ2n) is 7.65. The van der Waals surface area contributed by atoms with Crippen LogP contribution in [0.25, 0.3) is 0 Å². The van der Waals surface area contributed by atoms with E-state index in [0.717, 1.165) is 11.1 Å². The molecular formula is C23H30O6S. The average molecular weight is 435 g/mol. The van der Waals surface area contributed by atoms with Gasteiger partial charge in [0.1, 0.15) is 0 Å². The zero-order chi connectivity index (χ0) is 21.6. The highest BCUT2D eigenvalue weighted by Crippen LogP contribution is 2.31. The number of methoxy groups -OCH3 is 1. The molecule has 0 aromatic heterocycles. The van der Waals surface area contributed by atoms with Gasteiger partial charge in [-0.05, 0) is 31.0 Å². The van der Waals surface area contributed by atoms with Crippen LogP contribution in [-0.4, -0.2) is 40.6 Å². The van der Waals surface area contributed by atoms with E-state index in [2.05, 4.69) is 6.92 Å². The van der Waals surface area contributed by atoms with Crippen LogP contribution in [-0.2, 0) is 35.1 Å². The summed E-state index contributed by atoms with van der Waals surface area (Å²) in [4.78, 5) is 0.157. The molecule has 0 unspecified atom stereocenters. The number of hydrogen-bond donors (Lipinski definition) is 0. The molecule has 164 valence electrons. The Morgan fingerprint density at radius 1 is 1.07 bits per heavy atom. The van der Waals surface area contributed by atoms with E-state index in [1.165, 1.54) is 0 Å². The molecule has 2 aromatic carbocycles. The molecule has 0 N–H and O–H groups in total. The first-order valence-electron chi connectivity index (χ1n) is 10.2. The third kappa shape index (κ3) is 6.12. The van der Waals surface area contributed by atoms with Crippen molar-refractivity contribution < 1.29 is 26.8 Å². The first kappa shape index (κ1) is 22.9. The van der Waals surface area contributed by atoms with E-state index >= 15 is 0 Å². The molecule has 0 amide bonds. The van der Waals surface area contributed by atoms with Gasteiger partial charge in [-0.3, -0.25) is 4.18 Å². The Balaban J connectivity index is 1.56. The van der Waals surface area contributed by atoms with E-state index in [4.69, 9.17) is 18.4 Å². The van der Waals surface area contributed by atoms with Crippen LogP contribution in [0.1, 0.15) is 30.9 Å². The third-order valence-electron chi connectivity index (χ3n) is 5.44. The fourth-order valence-electron chi connectivity index (χ4n) is 3.55. The Bertz CT molecular complexity index is 882. The second kappa shape index (κ2) is 10.5. The lowest BCUT2D eigenvalue weighted by atomic mass is 9.90. The number of hydrogen-bond acceptors (Lipinski definition) is 6. The van der Waals surface area contributed by atoms with E-state index in [1.54, 1.807) is 31.4 Å². The van der Waals surface area contributed by atoms with Gasteiger partial charge in [-0.15, -0.1) is 0 Å². The zero-order valence-corrected chi connectivity index (χ0v) is 18.5. The van der Waals surface area contributed by atoms with Crippen molar-refractivity contribution in [3.63, 3.8) is 0 Å². The van der Waals surface area contributed by atoms with Crippen molar-refractivity contribution in [3.8, 4) is 0 Å². The molecule has 1 aliphatic rings. The first-order chi connectivity index (χ1) is 14.4. The van der Waals surface area contributed by atoms with Crippen LogP contribution in [0.4, 0.5) is 0 Å². The van der Waals surface area contributed by atoms with E-state index in [0.29, 0.717) is 19.4 Å². The average Bonchev–Trinajstić information content (AvgIpc) is 2.75. The van der Waals surface area contributed by atoms with E-state index < -0.39 is 10.1 Å². The van der Waals surface area contributed by atoms with E-state index in [9.17, 15) is 8.42 Å². The predicted octanol–water partition coefficient (Wildman–Crippen LogP) is 4.07. The van der Waals surface area contributed by atoms with Gasteiger partial charge in [-0.1, -0.05) is 55.0 Å². The van der Waals surface area contributed by atoms with Crippen LogP contribution in [0.15, 0.2) is 59.5 Å². The molecule has 2 aromatic rings. The highest BCUT2D eigenvalue weighted by Gasteiger charge is 2.37. The molecule has 0 spiro atoms. The molecular weight excluding hydrogens is 404 g/mol. The van der Waals surface area contributed by atoms with E-state index in [-0.39, 0.29) is 35.9 Å². The summed E-state index contributed by atoms with van der Waals surface area (Å²) in [5.41, 5.74) is 2.10. The van der Waals surface area contributed by atoms with Gasteiger partial charge < -0.3 is 14.2 Å². The largest absolute Gasteiger partial charge is 0.373 e. The molecule has 1 fully saturated rings. The molecule has 1 heterocycles. The summed E-state index contributed by atoms with van der Waals surface area (Å²) in [7, 11) is -2.19. The molecule has 0 aliphatic carbocycles. The van der Waals surface area contributed by atoms with Crippen molar-refractivity contribution in [3.05, 3.63) is 65.7 Å². The lowest BCUT2D eigenvalue weighted by molar-refractivity contribution is -0.235. The minimum atomic E-state index is -3.79. The summed E-state index contributed by atoms with van der Waals surface area (Å²) in [6.07, 6.45) is 0.391. The van der Waals surface area contributed by atoms with Gasteiger partial charge in [0.05, 0.1) is 30.3 Å². The van der Waals surface area contributed by atoms with Crippen molar-refractivity contribution in [2.75, 3.05) is 13.7 Å². The zero-order valence-electron chi connectivity index (χ0n) is 17.7. The minimum absolute atomic E-state index is 0.0348. The summed E-state index contributed by atoms with van der Waals surface area (Å²) >= 11 is 0. The fourth-order valence-corrected chi connectivity index (χ4v) is 4.47. The lowest BCUT2D eigenvalue weighted by Crippen LogP contribution is -2.45. The molecule has 1 saturated heterocycles. The molecule has 0 saturated carbocycles. The van der Waals surface area contributed by atoms with Crippen LogP contribution in [0.3, 0.4) is 0 Å². The molecule has 0 radical (unpaired) electrons. The maximum absolute atomic E-state index is 12.4. The van der Waals surface area contributed by atoms with Gasteiger partial charge in [-0.2, -0.15) is 8.42 Å². The lowest BCUT2D eigenvalue weighted by Gasteiger charge is -2.39. The quantitative estimate of drug-likeness (QED) is 0.554. The van der Waals surface area contributed by atoms with Gasteiger partial charge in [0, 0.05) is 19.4 Å². The predicted molar refractivity (Wildman–Crippen MR) is 113 cm³/mol. The Morgan fingerprint density at radius 2 is 1.77 bits per heavy atom. The minimum Gasteiger partial charge on any atom is -0.373 e. The summed E-state index contributed by atoms with van der Waals surface area (Å²) in [5, 5.41) is 0. The van der Waals surface area contributed by atoms with Gasteiger partial charge >= 0.3 is 0 Å².